The van der Waals surface area contributed by atoms with Crippen molar-refractivity contribution in [2.24, 2.45) is 5.73 Å². The molecule has 0 aromatic heterocycles. The van der Waals surface area contributed by atoms with E-state index in [4.69, 9.17) is 15.6 Å². The number of hydrogen-bond acceptors (Lipinski definition) is 3. The van der Waals surface area contributed by atoms with Crippen molar-refractivity contribution in [3.63, 3.8) is 0 Å². The van der Waals surface area contributed by atoms with Gasteiger partial charge in [-0.2, -0.15) is 0 Å². The minimum Gasteiger partial charge on any atom is -0.489 e. The van der Waals surface area contributed by atoms with E-state index in [9.17, 15) is 9.18 Å². The van der Waals surface area contributed by atoms with Gasteiger partial charge in [-0.3, -0.25) is 4.79 Å². The van der Waals surface area contributed by atoms with Crippen LogP contribution in [0.4, 0.5) is 4.39 Å². The number of aliphatic carboxylic acids is 1. The fourth-order valence-corrected chi connectivity index (χ4v) is 3.23. The highest BCUT2D eigenvalue weighted by Gasteiger charge is 2.14. The number of carboxylic acids is 1. The highest BCUT2D eigenvalue weighted by Crippen LogP contribution is 2.29. The van der Waals surface area contributed by atoms with E-state index >= 15 is 0 Å². The van der Waals surface area contributed by atoms with Crippen molar-refractivity contribution in [1.29, 1.82) is 0 Å². The lowest BCUT2D eigenvalue weighted by atomic mass is 9.96. The van der Waals surface area contributed by atoms with Crippen LogP contribution >= 0.6 is 0 Å². The summed E-state index contributed by atoms with van der Waals surface area (Å²) in [6.45, 7) is 3.97. The molecule has 0 aliphatic heterocycles. The Hall–Kier alpha value is -3.18. The number of hydrogen-bond donors (Lipinski definition) is 2. The predicted octanol–water partition coefficient (Wildman–Crippen LogP) is 5.03. The molecule has 3 aromatic rings. The zero-order chi connectivity index (χ0) is 21.0. The molecule has 0 unspecified atom stereocenters. The fraction of sp³-hybridized carbons (Fsp3) is 0.208. The molecular formula is C24H24FNO3. The third-order valence-electron chi connectivity index (χ3n) is 4.88. The summed E-state index contributed by atoms with van der Waals surface area (Å²) in [5.74, 6) is -0.696. The molecule has 3 rings (SSSR count). The maximum atomic E-state index is 14.9. The summed E-state index contributed by atoms with van der Waals surface area (Å²) in [6.07, 6.45) is -0.107. The van der Waals surface area contributed by atoms with Crippen molar-refractivity contribution >= 4 is 5.97 Å². The first kappa shape index (κ1) is 20.6. The van der Waals surface area contributed by atoms with Crippen molar-refractivity contribution < 1.29 is 19.0 Å². The van der Waals surface area contributed by atoms with Crippen LogP contribution < -0.4 is 10.5 Å². The van der Waals surface area contributed by atoms with Crippen LogP contribution in [0.25, 0.3) is 11.1 Å². The molecule has 0 saturated carbocycles. The van der Waals surface area contributed by atoms with Gasteiger partial charge in [0, 0.05) is 22.7 Å². The van der Waals surface area contributed by atoms with Gasteiger partial charge in [0.15, 0.2) is 0 Å². The third-order valence-corrected chi connectivity index (χ3v) is 4.88. The van der Waals surface area contributed by atoms with E-state index in [1.807, 2.05) is 25.1 Å². The molecule has 5 heteroatoms. The van der Waals surface area contributed by atoms with E-state index in [1.54, 1.807) is 49.4 Å². The molecule has 3 aromatic carbocycles. The number of halogens is 1. The number of rotatable bonds is 7. The second-order valence-electron chi connectivity index (χ2n) is 7.11. The molecule has 0 spiro atoms. The Labute approximate surface area is 169 Å². The summed E-state index contributed by atoms with van der Waals surface area (Å²) >= 11 is 0. The lowest BCUT2D eigenvalue weighted by Crippen LogP contribution is -2.08. The largest absolute Gasteiger partial charge is 0.489 e. The summed E-state index contributed by atoms with van der Waals surface area (Å²) in [6, 6.07) is 17.6. The van der Waals surface area contributed by atoms with E-state index < -0.39 is 12.0 Å². The van der Waals surface area contributed by atoms with Crippen LogP contribution in [0, 0.1) is 12.7 Å². The van der Waals surface area contributed by atoms with E-state index in [0.717, 1.165) is 16.7 Å². The molecule has 0 bridgehead atoms. The summed E-state index contributed by atoms with van der Waals surface area (Å²) in [5, 5.41) is 9.07. The standard InChI is InChI=1S/C24H24FNO3/c1-15-10-11-17(21-8-5-7-20(16(2)26)24(21)25)12-19(15)14-29-22-9-4-3-6-18(22)13-23(27)28/h3-12,16H,13-14,26H2,1-2H3,(H,27,28)/t16-/m0/s1. The molecule has 0 amide bonds. The van der Waals surface area contributed by atoms with Gasteiger partial charge in [0.25, 0.3) is 0 Å². The van der Waals surface area contributed by atoms with Gasteiger partial charge in [-0.1, -0.05) is 48.5 Å². The highest BCUT2D eigenvalue weighted by atomic mass is 19.1. The lowest BCUT2D eigenvalue weighted by Gasteiger charge is -2.15. The van der Waals surface area contributed by atoms with Gasteiger partial charge in [-0.05, 0) is 42.7 Å². The van der Waals surface area contributed by atoms with Crippen LogP contribution in [0.5, 0.6) is 5.75 Å². The number of carboxylic acid groups (broad SMARTS) is 1. The molecule has 0 radical (unpaired) electrons. The molecule has 29 heavy (non-hydrogen) atoms. The van der Waals surface area contributed by atoms with Crippen LogP contribution in [-0.2, 0) is 17.8 Å². The highest BCUT2D eigenvalue weighted by molar-refractivity contribution is 5.71. The minimum atomic E-state index is -0.913. The van der Waals surface area contributed by atoms with Gasteiger partial charge >= 0.3 is 5.97 Å². The lowest BCUT2D eigenvalue weighted by molar-refractivity contribution is -0.136. The Morgan fingerprint density at radius 2 is 1.86 bits per heavy atom. The minimum absolute atomic E-state index is 0.107. The number of nitrogens with two attached hydrogens (primary N) is 1. The van der Waals surface area contributed by atoms with Gasteiger partial charge < -0.3 is 15.6 Å². The van der Waals surface area contributed by atoms with E-state index in [1.165, 1.54) is 0 Å². The zero-order valence-electron chi connectivity index (χ0n) is 16.5. The molecular weight excluding hydrogens is 369 g/mol. The quantitative estimate of drug-likeness (QED) is 0.591. The first-order valence-electron chi connectivity index (χ1n) is 9.43. The molecule has 1 atom stereocenters. The van der Waals surface area contributed by atoms with Crippen LogP contribution in [0.2, 0.25) is 0 Å². The van der Waals surface area contributed by atoms with E-state index in [-0.39, 0.29) is 18.8 Å². The van der Waals surface area contributed by atoms with Crippen molar-refractivity contribution in [3.8, 4) is 16.9 Å². The van der Waals surface area contributed by atoms with Gasteiger partial charge in [0.2, 0.25) is 0 Å². The van der Waals surface area contributed by atoms with Crippen molar-refractivity contribution in [2.45, 2.75) is 32.9 Å². The van der Waals surface area contributed by atoms with Gasteiger partial charge in [-0.15, -0.1) is 0 Å². The molecule has 0 fully saturated rings. The first-order valence-corrected chi connectivity index (χ1v) is 9.43. The Morgan fingerprint density at radius 3 is 2.59 bits per heavy atom. The summed E-state index contributed by atoms with van der Waals surface area (Å²) in [7, 11) is 0. The third kappa shape index (κ3) is 4.81. The zero-order valence-corrected chi connectivity index (χ0v) is 16.5. The van der Waals surface area contributed by atoms with E-state index in [2.05, 4.69) is 0 Å². The number of para-hydroxylation sites is 1. The maximum absolute atomic E-state index is 14.9. The molecule has 150 valence electrons. The van der Waals surface area contributed by atoms with Gasteiger partial charge in [0.1, 0.15) is 18.2 Å². The Morgan fingerprint density at radius 1 is 1.10 bits per heavy atom. The van der Waals surface area contributed by atoms with E-state index in [0.29, 0.717) is 22.4 Å². The Bertz CT molecular complexity index is 1030. The van der Waals surface area contributed by atoms with Crippen molar-refractivity contribution in [1.82, 2.24) is 0 Å². The average molecular weight is 393 g/mol. The van der Waals surface area contributed by atoms with Crippen LogP contribution in [0.15, 0.2) is 60.7 Å². The van der Waals surface area contributed by atoms with Gasteiger partial charge in [0.05, 0.1) is 6.42 Å². The second kappa shape index (κ2) is 8.88. The predicted molar refractivity (Wildman–Crippen MR) is 111 cm³/mol. The summed E-state index contributed by atoms with van der Waals surface area (Å²) in [4.78, 5) is 11.1. The smallest absolute Gasteiger partial charge is 0.307 e. The van der Waals surface area contributed by atoms with Crippen molar-refractivity contribution in [2.75, 3.05) is 0 Å². The SMILES string of the molecule is Cc1ccc(-c2cccc([C@H](C)N)c2F)cc1COc1ccccc1CC(=O)O. The summed E-state index contributed by atoms with van der Waals surface area (Å²) < 4.78 is 20.8. The Kier molecular flexibility index (Phi) is 6.29. The first-order chi connectivity index (χ1) is 13.9. The molecule has 0 aliphatic rings. The monoisotopic (exact) mass is 393 g/mol. The molecule has 0 heterocycles. The number of aryl methyl sites for hydroxylation is 1. The van der Waals surface area contributed by atoms with Crippen LogP contribution in [0.3, 0.4) is 0 Å². The number of ether oxygens (including phenoxy) is 1. The second-order valence-corrected chi connectivity index (χ2v) is 7.11. The molecule has 0 saturated heterocycles. The summed E-state index contributed by atoms with van der Waals surface area (Å²) in [5.41, 5.74) is 10.1. The average Bonchev–Trinajstić information content (AvgIpc) is 2.68. The Balaban J connectivity index is 1.88. The van der Waals surface area contributed by atoms with Gasteiger partial charge in [-0.25, -0.2) is 4.39 Å². The van der Waals surface area contributed by atoms with Crippen LogP contribution in [0.1, 0.15) is 35.2 Å². The van der Waals surface area contributed by atoms with Crippen LogP contribution in [-0.4, -0.2) is 11.1 Å². The number of benzene rings is 3. The topological polar surface area (TPSA) is 72.5 Å². The molecule has 4 nitrogen and oxygen atoms in total. The normalized spacial score (nSPS) is 11.9. The van der Waals surface area contributed by atoms with Crippen molar-refractivity contribution in [3.05, 3.63) is 88.7 Å². The maximum Gasteiger partial charge on any atom is 0.307 e. The molecule has 3 N–H and O–H groups in total. The molecule has 0 aliphatic carbocycles. The fourth-order valence-electron chi connectivity index (χ4n) is 3.23. The number of carbonyl (C=O) groups is 1.